The molecule has 29 heavy (non-hydrogen) atoms. The van der Waals surface area contributed by atoms with E-state index in [0.29, 0.717) is 33.4 Å². The Labute approximate surface area is 166 Å². The third kappa shape index (κ3) is 3.50. The molecule has 0 radical (unpaired) electrons. The summed E-state index contributed by atoms with van der Waals surface area (Å²) < 4.78 is 10.4. The quantitative estimate of drug-likeness (QED) is 0.494. The third-order valence-corrected chi connectivity index (χ3v) is 4.66. The summed E-state index contributed by atoms with van der Waals surface area (Å²) in [5, 5.41) is 0.844. The average Bonchev–Trinajstić information content (AvgIpc) is 2.76. The van der Waals surface area contributed by atoms with Crippen molar-refractivity contribution in [3.63, 3.8) is 0 Å². The molecule has 7 heteroatoms. The largest absolute Gasteiger partial charge is 0.465 e. The number of aryl methyl sites for hydroxylation is 1. The van der Waals surface area contributed by atoms with Crippen LogP contribution in [0.2, 0.25) is 0 Å². The molecule has 0 aliphatic rings. The number of pyridine rings is 1. The number of benzene rings is 2. The van der Waals surface area contributed by atoms with Crippen molar-refractivity contribution >= 4 is 33.9 Å². The molecule has 2 aromatic heterocycles. The third-order valence-electron chi connectivity index (χ3n) is 4.66. The first kappa shape index (κ1) is 18.5. The molecule has 0 saturated heterocycles. The molecule has 0 aliphatic heterocycles. The lowest BCUT2D eigenvalue weighted by Gasteiger charge is -2.13. The molecular weight excluding hydrogens is 370 g/mol. The number of carbonyl (C=O) groups is 2. The number of carbonyl (C=O) groups excluding carboxylic acids is 2. The van der Waals surface area contributed by atoms with Gasteiger partial charge in [0.1, 0.15) is 6.61 Å². The molecular formula is C22H17N3O4. The van der Waals surface area contributed by atoms with E-state index >= 15 is 0 Å². The maximum atomic E-state index is 12.5. The second kappa shape index (κ2) is 7.63. The molecule has 2 heterocycles. The number of fused-ring (bicyclic) bond motifs is 2. The number of nitrogens with zero attached hydrogens (tertiary/aromatic N) is 3. The summed E-state index contributed by atoms with van der Waals surface area (Å²) in [5.41, 5.74) is 3.72. The van der Waals surface area contributed by atoms with Gasteiger partial charge >= 0.3 is 11.9 Å². The summed E-state index contributed by atoms with van der Waals surface area (Å²) in [5.74, 6) is -1.06. The maximum Gasteiger partial charge on any atom is 0.340 e. The minimum Gasteiger partial charge on any atom is -0.465 e. The predicted molar refractivity (Wildman–Crippen MR) is 106 cm³/mol. The van der Waals surface area contributed by atoms with Gasteiger partial charge in [-0.15, -0.1) is 0 Å². The van der Waals surface area contributed by atoms with Crippen LogP contribution in [0.15, 0.2) is 54.9 Å². The Kier molecular flexibility index (Phi) is 4.87. The highest BCUT2D eigenvalue weighted by molar-refractivity contribution is 5.98. The zero-order valence-electron chi connectivity index (χ0n) is 15.9. The number of para-hydroxylation sites is 1. The Balaban J connectivity index is 1.66. The van der Waals surface area contributed by atoms with Gasteiger partial charge in [-0.25, -0.2) is 14.6 Å². The topological polar surface area (TPSA) is 91.3 Å². The molecule has 0 unspecified atom stereocenters. The molecule has 0 saturated carbocycles. The summed E-state index contributed by atoms with van der Waals surface area (Å²) in [6.07, 6.45) is 3.14. The van der Waals surface area contributed by atoms with E-state index < -0.39 is 11.9 Å². The molecule has 0 fully saturated rings. The Bertz CT molecular complexity index is 1250. The van der Waals surface area contributed by atoms with Crippen molar-refractivity contribution in [1.29, 1.82) is 0 Å². The highest BCUT2D eigenvalue weighted by Gasteiger charge is 2.21. The first-order valence-corrected chi connectivity index (χ1v) is 8.93. The van der Waals surface area contributed by atoms with E-state index in [1.165, 1.54) is 7.11 Å². The van der Waals surface area contributed by atoms with Crippen molar-refractivity contribution in [2.75, 3.05) is 7.11 Å². The monoisotopic (exact) mass is 387 g/mol. The van der Waals surface area contributed by atoms with Gasteiger partial charge in [0.2, 0.25) is 0 Å². The minimum absolute atomic E-state index is 0.159. The van der Waals surface area contributed by atoms with Gasteiger partial charge < -0.3 is 9.47 Å². The fourth-order valence-electron chi connectivity index (χ4n) is 3.23. The molecule has 144 valence electrons. The van der Waals surface area contributed by atoms with E-state index in [0.717, 1.165) is 10.9 Å². The van der Waals surface area contributed by atoms with Crippen LogP contribution in [0, 0.1) is 6.92 Å². The van der Waals surface area contributed by atoms with Crippen molar-refractivity contribution in [1.82, 2.24) is 15.0 Å². The summed E-state index contributed by atoms with van der Waals surface area (Å²) in [6.45, 7) is 1.66. The predicted octanol–water partition coefficient (Wildman–Crippen LogP) is 3.63. The molecule has 2 aromatic carbocycles. The van der Waals surface area contributed by atoms with Gasteiger partial charge in [0.05, 0.1) is 40.5 Å². The van der Waals surface area contributed by atoms with Gasteiger partial charge in [-0.2, -0.15) is 0 Å². The number of rotatable bonds is 4. The number of hydrogen-bond acceptors (Lipinski definition) is 7. The van der Waals surface area contributed by atoms with Gasteiger partial charge in [-0.05, 0) is 36.8 Å². The number of esters is 2. The van der Waals surface area contributed by atoms with E-state index in [2.05, 4.69) is 15.0 Å². The highest BCUT2D eigenvalue weighted by Crippen LogP contribution is 2.24. The highest BCUT2D eigenvalue weighted by atomic mass is 16.5. The Morgan fingerprint density at radius 1 is 0.931 bits per heavy atom. The smallest absolute Gasteiger partial charge is 0.340 e. The average molecular weight is 387 g/mol. The normalized spacial score (nSPS) is 10.8. The van der Waals surface area contributed by atoms with Crippen LogP contribution in [-0.2, 0) is 16.1 Å². The standard InChI is InChI=1S/C22H17N3O4/c1-13-15-5-3-4-6-16(15)25-19(20(13)22(27)28-2)12-29-21(26)14-7-8-17-18(11-14)24-10-9-23-17/h3-11H,12H2,1-2H3. The number of aromatic nitrogens is 3. The zero-order chi connectivity index (χ0) is 20.4. The summed E-state index contributed by atoms with van der Waals surface area (Å²) in [7, 11) is 1.31. The summed E-state index contributed by atoms with van der Waals surface area (Å²) >= 11 is 0. The minimum atomic E-state index is -0.541. The number of ether oxygens (including phenoxy) is 2. The Morgan fingerprint density at radius 3 is 2.48 bits per heavy atom. The lowest BCUT2D eigenvalue weighted by molar-refractivity contribution is 0.0455. The van der Waals surface area contributed by atoms with Gasteiger partial charge in [-0.1, -0.05) is 18.2 Å². The van der Waals surface area contributed by atoms with Crippen LogP contribution in [0.25, 0.3) is 21.9 Å². The van der Waals surface area contributed by atoms with Crippen LogP contribution in [0.5, 0.6) is 0 Å². The van der Waals surface area contributed by atoms with Gasteiger partial charge in [-0.3, -0.25) is 9.97 Å². The molecule has 0 N–H and O–H groups in total. The lowest BCUT2D eigenvalue weighted by atomic mass is 10.0. The number of methoxy groups -OCH3 is 1. The molecule has 0 amide bonds. The van der Waals surface area contributed by atoms with Crippen LogP contribution in [0.3, 0.4) is 0 Å². The second-order valence-electron chi connectivity index (χ2n) is 6.40. The van der Waals surface area contributed by atoms with Gasteiger partial charge in [0, 0.05) is 17.8 Å². The Hall–Kier alpha value is -3.87. The van der Waals surface area contributed by atoms with Crippen LogP contribution >= 0.6 is 0 Å². The van der Waals surface area contributed by atoms with E-state index in [9.17, 15) is 9.59 Å². The molecule has 0 atom stereocenters. The molecule has 4 aromatic rings. The van der Waals surface area contributed by atoms with E-state index in [-0.39, 0.29) is 6.61 Å². The first-order chi connectivity index (χ1) is 14.1. The zero-order valence-corrected chi connectivity index (χ0v) is 15.9. The molecule has 4 rings (SSSR count). The fraction of sp³-hybridized carbons (Fsp3) is 0.136. The van der Waals surface area contributed by atoms with Crippen molar-refractivity contribution in [3.8, 4) is 0 Å². The summed E-state index contributed by atoms with van der Waals surface area (Å²) in [4.78, 5) is 37.8. The van der Waals surface area contributed by atoms with Crippen molar-refractivity contribution in [3.05, 3.63) is 77.2 Å². The summed E-state index contributed by atoms with van der Waals surface area (Å²) in [6, 6.07) is 12.4. The van der Waals surface area contributed by atoms with Crippen LogP contribution < -0.4 is 0 Å². The maximum absolute atomic E-state index is 12.5. The van der Waals surface area contributed by atoms with Gasteiger partial charge in [0.15, 0.2) is 0 Å². The molecule has 0 bridgehead atoms. The Morgan fingerprint density at radius 2 is 1.69 bits per heavy atom. The van der Waals surface area contributed by atoms with Crippen molar-refractivity contribution in [2.45, 2.75) is 13.5 Å². The molecule has 0 spiro atoms. The second-order valence-corrected chi connectivity index (χ2v) is 6.40. The molecule has 7 nitrogen and oxygen atoms in total. The molecule has 0 aliphatic carbocycles. The van der Waals surface area contributed by atoms with Gasteiger partial charge in [0.25, 0.3) is 0 Å². The SMILES string of the molecule is COC(=O)c1c(COC(=O)c2ccc3nccnc3c2)nc2ccccc2c1C. The van der Waals surface area contributed by atoms with Crippen molar-refractivity contribution in [2.24, 2.45) is 0 Å². The fourth-order valence-corrected chi connectivity index (χ4v) is 3.23. The van der Waals surface area contributed by atoms with Crippen LogP contribution in [0.1, 0.15) is 32.0 Å². The van der Waals surface area contributed by atoms with Crippen molar-refractivity contribution < 1.29 is 19.1 Å². The first-order valence-electron chi connectivity index (χ1n) is 8.93. The number of hydrogen-bond donors (Lipinski definition) is 0. The van der Waals surface area contributed by atoms with E-state index in [1.807, 2.05) is 31.2 Å². The van der Waals surface area contributed by atoms with E-state index in [1.54, 1.807) is 30.6 Å². The van der Waals surface area contributed by atoms with E-state index in [4.69, 9.17) is 9.47 Å². The van der Waals surface area contributed by atoms with Crippen LogP contribution in [-0.4, -0.2) is 34.0 Å². The van der Waals surface area contributed by atoms with Crippen LogP contribution in [0.4, 0.5) is 0 Å². The lowest BCUT2D eigenvalue weighted by Crippen LogP contribution is -2.14.